The van der Waals surface area contributed by atoms with Gasteiger partial charge < -0.3 is 9.57 Å². The number of hydrogen-bond donors (Lipinski definition) is 0. The van der Waals surface area contributed by atoms with Crippen LogP contribution in [0.5, 0.6) is 0 Å². The van der Waals surface area contributed by atoms with Crippen molar-refractivity contribution >= 4 is 23.5 Å². The Morgan fingerprint density at radius 3 is 2.38 bits per heavy atom. The summed E-state index contributed by atoms with van der Waals surface area (Å²) in [6.07, 6.45) is 0.688. The first-order chi connectivity index (χ1) is 12.5. The molecule has 0 aliphatic carbocycles. The molecule has 6 heteroatoms. The van der Waals surface area contributed by atoms with Crippen molar-refractivity contribution in [3.8, 4) is 0 Å². The first-order valence-corrected chi connectivity index (χ1v) is 8.30. The molecule has 0 N–H and O–H groups in total. The largest absolute Gasteiger partial charge is 0.469 e. The third-order valence-electron chi connectivity index (χ3n) is 4.37. The number of nitrogens with zero attached hydrogens (tertiary/aromatic N) is 1. The van der Waals surface area contributed by atoms with Crippen LogP contribution in [0.4, 0.5) is 5.69 Å². The van der Waals surface area contributed by atoms with Gasteiger partial charge in [0.1, 0.15) is 0 Å². The van der Waals surface area contributed by atoms with Crippen LogP contribution in [0.3, 0.4) is 0 Å². The van der Waals surface area contributed by atoms with Crippen molar-refractivity contribution in [2.45, 2.75) is 25.7 Å². The van der Waals surface area contributed by atoms with E-state index < -0.39 is 11.9 Å². The van der Waals surface area contributed by atoms with Gasteiger partial charge in [-0.25, -0.2) is 4.79 Å². The van der Waals surface area contributed by atoms with Crippen LogP contribution in [0.25, 0.3) is 0 Å². The Morgan fingerprint density at radius 2 is 1.69 bits per heavy atom. The van der Waals surface area contributed by atoms with Gasteiger partial charge in [-0.2, -0.15) is 0 Å². The minimum atomic E-state index is -0.585. The van der Waals surface area contributed by atoms with Crippen LogP contribution in [0.1, 0.15) is 47.2 Å². The van der Waals surface area contributed by atoms with E-state index in [2.05, 4.69) is 0 Å². The molecule has 1 unspecified atom stereocenters. The van der Waals surface area contributed by atoms with Crippen LogP contribution in [0.2, 0.25) is 0 Å². The molecule has 1 heterocycles. The number of rotatable bonds is 4. The summed E-state index contributed by atoms with van der Waals surface area (Å²) < 4.78 is 4.76. The number of hydroxylamine groups is 1. The number of benzene rings is 2. The monoisotopic (exact) mass is 353 g/mol. The second kappa shape index (κ2) is 7.39. The zero-order chi connectivity index (χ0) is 18.7. The standard InChI is InChI=1S/C20H19NO5/c1-13(22)26-21-18-10-6-5-8-16(18)15(11-12-19(23)25-2)14-7-3-4-9-17(14)20(21)24/h3-10,15H,11-12H2,1-2H3. The highest BCUT2D eigenvalue weighted by Crippen LogP contribution is 2.41. The number of para-hydroxylation sites is 1. The number of anilines is 1. The van der Waals surface area contributed by atoms with Crippen LogP contribution in [0.15, 0.2) is 48.5 Å². The van der Waals surface area contributed by atoms with Crippen molar-refractivity contribution in [1.29, 1.82) is 0 Å². The van der Waals surface area contributed by atoms with Gasteiger partial charge in [-0.05, 0) is 29.7 Å². The topological polar surface area (TPSA) is 72.9 Å². The molecule has 0 spiro atoms. The van der Waals surface area contributed by atoms with Crippen molar-refractivity contribution in [1.82, 2.24) is 0 Å². The Morgan fingerprint density at radius 1 is 1.04 bits per heavy atom. The second-order valence-corrected chi connectivity index (χ2v) is 6.00. The van der Waals surface area contributed by atoms with E-state index in [1.807, 2.05) is 24.3 Å². The number of fused-ring (bicyclic) bond motifs is 2. The third kappa shape index (κ3) is 3.31. The van der Waals surface area contributed by atoms with Crippen LogP contribution < -0.4 is 5.06 Å². The van der Waals surface area contributed by atoms with E-state index in [-0.39, 0.29) is 18.3 Å². The van der Waals surface area contributed by atoms with E-state index in [9.17, 15) is 14.4 Å². The van der Waals surface area contributed by atoms with E-state index in [4.69, 9.17) is 9.57 Å². The normalized spacial score (nSPS) is 15.5. The molecule has 26 heavy (non-hydrogen) atoms. The molecule has 0 radical (unpaired) electrons. The fourth-order valence-electron chi connectivity index (χ4n) is 3.24. The summed E-state index contributed by atoms with van der Waals surface area (Å²) in [4.78, 5) is 41.5. The van der Waals surface area contributed by atoms with E-state index in [0.717, 1.165) is 16.2 Å². The third-order valence-corrected chi connectivity index (χ3v) is 4.37. The molecule has 2 aromatic rings. The predicted octanol–water partition coefficient (Wildman–Crippen LogP) is 3.21. The average Bonchev–Trinajstić information content (AvgIpc) is 2.74. The fourth-order valence-corrected chi connectivity index (χ4v) is 3.24. The molecule has 1 aliphatic heterocycles. The Kier molecular flexibility index (Phi) is 5.02. The SMILES string of the molecule is COC(=O)CCC1c2ccccc2C(=O)N(OC(C)=O)c2ccccc21. The van der Waals surface area contributed by atoms with E-state index in [1.54, 1.807) is 24.3 Å². The van der Waals surface area contributed by atoms with Crippen LogP contribution in [-0.4, -0.2) is 25.0 Å². The summed E-state index contributed by atoms with van der Waals surface area (Å²) in [5.41, 5.74) is 2.55. The van der Waals surface area contributed by atoms with Crippen molar-refractivity contribution in [3.05, 3.63) is 65.2 Å². The summed E-state index contributed by atoms with van der Waals surface area (Å²) in [7, 11) is 1.35. The molecular weight excluding hydrogens is 334 g/mol. The number of carbonyl (C=O) groups excluding carboxylic acids is 3. The summed E-state index contributed by atoms with van der Waals surface area (Å²) in [6.45, 7) is 1.25. The van der Waals surface area contributed by atoms with Crippen molar-refractivity contribution < 1.29 is 24.0 Å². The average molecular weight is 353 g/mol. The molecule has 0 saturated carbocycles. The van der Waals surface area contributed by atoms with Gasteiger partial charge in [0.15, 0.2) is 0 Å². The highest BCUT2D eigenvalue weighted by molar-refractivity contribution is 6.08. The Balaban J connectivity index is 2.15. The lowest BCUT2D eigenvalue weighted by atomic mass is 9.85. The number of hydrogen-bond acceptors (Lipinski definition) is 5. The highest BCUT2D eigenvalue weighted by Gasteiger charge is 2.34. The lowest BCUT2D eigenvalue weighted by Crippen LogP contribution is -2.32. The van der Waals surface area contributed by atoms with E-state index in [0.29, 0.717) is 17.7 Å². The highest BCUT2D eigenvalue weighted by atomic mass is 16.7. The molecule has 3 rings (SSSR count). The Hall–Kier alpha value is -3.15. The van der Waals surface area contributed by atoms with E-state index >= 15 is 0 Å². The molecular formula is C20H19NO5. The maximum absolute atomic E-state index is 13.0. The van der Waals surface area contributed by atoms with Gasteiger partial charge in [-0.1, -0.05) is 36.4 Å². The van der Waals surface area contributed by atoms with Crippen molar-refractivity contribution in [3.63, 3.8) is 0 Å². The molecule has 0 saturated heterocycles. The molecule has 1 amide bonds. The smallest absolute Gasteiger partial charge is 0.330 e. The summed E-state index contributed by atoms with van der Waals surface area (Å²) >= 11 is 0. The molecule has 1 atom stereocenters. The maximum atomic E-state index is 13.0. The van der Waals surface area contributed by atoms with E-state index in [1.165, 1.54) is 14.0 Å². The lowest BCUT2D eigenvalue weighted by Gasteiger charge is -2.22. The van der Waals surface area contributed by atoms with Crippen LogP contribution in [-0.2, 0) is 19.2 Å². The zero-order valence-corrected chi connectivity index (χ0v) is 14.6. The van der Waals surface area contributed by atoms with Gasteiger partial charge in [-0.15, -0.1) is 5.06 Å². The molecule has 6 nitrogen and oxygen atoms in total. The first-order valence-electron chi connectivity index (χ1n) is 8.30. The number of amides is 1. The van der Waals surface area contributed by atoms with Gasteiger partial charge >= 0.3 is 11.9 Å². The molecule has 0 fully saturated rings. The Bertz CT molecular complexity index is 861. The minimum Gasteiger partial charge on any atom is -0.469 e. The first kappa shape index (κ1) is 17.7. The van der Waals surface area contributed by atoms with Gasteiger partial charge in [0.25, 0.3) is 5.91 Å². The number of carbonyl (C=O) groups is 3. The number of ether oxygens (including phenoxy) is 1. The molecule has 1 aliphatic rings. The van der Waals surface area contributed by atoms with Crippen molar-refractivity contribution in [2.75, 3.05) is 12.2 Å². The maximum Gasteiger partial charge on any atom is 0.330 e. The predicted molar refractivity (Wildman–Crippen MR) is 94.6 cm³/mol. The van der Waals surface area contributed by atoms with Crippen LogP contribution in [0, 0.1) is 0 Å². The molecule has 134 valence electrons. The van der Waals surface area contributed by atoms with Gasteiger partial charge in [0, 0.05) is 24.8 Å². The fraction of sp³-hybridized carbons (Fsp3) is 0.250. The number of esters is 1. The second-order valence-electron chi connectivity index (χ2n) is 6.00. The summed E-state index contributed by atoms with van der Waals surface area (Å²) in [5, 5.41) is 1.04. The van der Waals surface area contributed by atoms with Gasteiger partial charge in [0.05, 0.1) is 12.8 Å². The van der Waals surface area contributed by atoms with Gasteiger partial charge in [0.2, 0.25) is 0 Å². The van der Waals surface area contributed by atoms with Gasteiger partial charge in [-0.3, -0.25) is 9.59 Å². The summed E-state index contributed by atoms with van der Waals surface area (Å²) in [6, 6.07) is 14.4. The molecule has 0 bridgehead atoms. The molecule has 2 aromatic carbocycles. The lowest BCUT2D eigenvalue weighted by molar-refractivity contribution is -0.141. The van der Waals surface area contributed by atoms with Crippen LogP contribution >= 0.6 is 0 Å². The number of methoxy groups -OCH3 is 1. The van der Waals surface area contributed by atoms with Crippen molar-refractivity contribution in [2.24, 2.45) is 0 Å². The minimum absolute atomic E-state index is 0.203. The summed E-state index contributed by atoms with van der Waals surface area (Å²) in [5.74, 6) is -1.51. The quantitative estimate of drug-likeness (QED) is 0.789. The zero-order valence-electron chi connectivity index (χ0n) is 14.6. The molecule has 0 aromatic heterocycles. The Labute approximate surface area is 151 Å².